The number of aryl methyl sites for hydroxylation is 1. The van der Waals surface area contributed by atoms with Crippen LogP contribution >= 0.6 is 11.6 Å². The highest BCUT2D eigenvalue weighted by Crippen LogP contribution is 2.30. The molecule has 1 aromatic carbocycles. The van der Waals surface area contributed by atoms with Gasteiger partial charge in [0, 0.05) is 0 Å². The van der Waals surface area contributed by atoms with Gasteiger partial charge < -0.3 is 9.84 Å². The molecule has 0 aliphatic rings. The number of aliphatic hydroxyl groups is 1. The first kappa shape index (κ1) is 10.4. The van der Waals surface area contributed by atoms with Crippen molar-refractivity contribution in [2.45, 2.75) is 20.0 Å². The summed E-state index contributed by atoms with van der Waals surface area (Å²) in [5.74, 6) is 0.642. The summed E-state index contributed by atoms with van der Waals surface area (Å²) in [6.45, 7) is 3.63. The molecule has 0 bridgehead atoms. The van der Waals surface area contributed by atoms with E-state index in [1.165, 1.54) is 0 Å². The highest BCUT2D eigenvalue weighted by Gasteiger charge is 2.09. The van der Waals surface area contributed by atoms with Crippen molar-refractivity contribution in [1.29, 1.82) is 0 Å². The molecule has 1 rings (SSSR count). The van der Waals surface area contributed by atoms with Gasteiger partial charge in [-0.1, -0.05) is 11.6 Å². The normalized spacial score (nSPS) is 12.7. The largest absolute Gasteiger partial charge is 0.495 e. The third kappa shape index (κ3) is 2.14. The molecular weight excluding hydrogens is 188 g/mol. The lowest BCUT2D eigenvalue weighted by Crippen LogP contribution is -1.96. The van der Waals surface area contributed by atoms with Gasteiger partial charge in [0.1, 0.15) is 5.75 Å². The molecule has 0 spiro atoms. The van der Waals surface area contributed by atoms with E-state index in [1.54, 1.807) is 20.1 Å². The van der Waals surface area contributed by atoms with Crippen LogP contribution in [0, 0.1) is 6.92 Å². The van der Waals surface area contributed by atoms with Gasteiger partial charge in [0.05, 0.1) is 18.2 Å². The zero-order valence-corrected chi connectivity index (χ0v) is 8.72. The number of hydrogen-bond donors (Lipinski definition) is 1. The molecule has 1 aromatic rings. The van der Waals surface area contributed by atoms with E-state index in [9.17, 15) is 5.11 Å². The van der Waals surface area contributed by atoms with Gasteiger partial charge in [-0.2, -0.15) is 0 Å². The predicted octanol–water partition coefficient (Wildman–Crippen LogP) is 2.71. The molecule has 0 aliphatic carbocycles. The van der Waals surface area contributed by atoms with Crippen LogP contribution in [0.5, 0.6) is 5.75 Å². The highest BCUT2D eigenvalue weighted by molar-refractivity contribution is 6.32. The summed E-state index contributed by atoms with van der Waals surface area (Å²) < 4.78 is 5.05. The van der Waals surface area contributed by atoms with E-state index >= 15 is 0 Å². The van der Waals surface area contributed by atoms with E-state index in [2.05, 4.69) is 0 Å². The Morgan fingerprint density at radius 2 is 2.08 bits per heavy atom. The van der Waals surface area contributed by atoms with Crippen LogP contribution in [0.25, 0.3) is 0 Å². The number of ether oxygens (including phenoxy) is 1. The standard InChI is InChI=1S/C10H13ClO2/c1-6-4-10(13-3)9(11)5-8(6)7(2)12/h4-5,7,12H,1-3H3. The summed E-state index contributed by atoms with van der Waals surface area (Å²) in [6.07, 6.45) is -0.497. The first-order chi connectivity index (χ1) is 6.06. The molecular formula is C10H13ClO2. The Labute approximate surface area is 83.1 Å². The van der Waals surface area contributed by atoms with Gasteiger partial charge in [-0.3, -0.25) is 0 Å². The minimum Gasteiger partial charge on any atom is -0.495 e. The molecule has 1 atom stereocenters. The summed E-state index contributed by atoms with van der Waals surface area (Å²) in [5.41, 5.74) is 1.82. The SMILES string of the molecule is COc1cc(C)c(C(C)O)cc1Cl. The summed E-state index contributed by atoms with van der Waals surface area (Å²) >= 11 is 5.91. The number of rotatable bonds is 2. The van der Waals surface area contributed by atoms with Gasteiger partial charge in [0.2, 0.25) is 0 Å². The Kier molecular flexibility index (Phi) is 3.17. The summed E-state index contributed by atoms with van der Waals surface area (Å²) in [4.78, 5) is 0. The second-order valence-corrected chi connectivity index (χ2v) is 3.43. The van der Waals surface area contributed by atoms with E-state index in [-0.39, 0.29) is 0 Å². The first-order valence-electron chi connectivity index (χ1n) is 4.08. The van der Waals surface area contributed by atoms with Gasteiger partial charge in [-0.15, -0.1) is 0 Å². The van der Waals surface area contributed by atoms with Gasteiger partial charge in [0.25, 0.3) is 0 Å². The summed E-state index contributed by atoms with van der Waals surface area (Å²) in [5, 5.41) is 9.92. The molecule has 72 valence electrons. The number of hydrogen-bond acceptors (Lipinski definition) is 2. The van der Waals surface area contributed by atoms with Crippen molar-refractivity contribution >= 4 is 11.6 Å². The molecule has 0 amide bonds. The molecule has 0 radical (unpaired) electrons. The lowest BCUT2D eigenvalue weighted by atomic mass is 10.0. The van der Waals surface area contributed by atoms with Crippen LogP contribution in [0.1, 0.15) is 24.2 Å². The van der Waals surface area contributed by atoms with Gasteiger partial charge in [0.15, 0.2) is 0 Å². The van der Waals surface area contributed by atoms with Crippen LogP contribution in [0.3, 0.4) is 0 Å². The Bertz CT molecular complexity index is 308. The third-order valence-electron chi connectivity index (χ3n) is 1.99. The second kappa shape index (κ2) is 3.99. The molecule has 0 saturated carbocycles. The molecule has 1 unspecified atom stereocenters. The fourth-order valence-corrected chi connectivity index (χ4v) is 1.53. The zero-order valence-electron chi connectivity index (χ0n) is 7.97. The fourth-order valence-electron chi connectivity index (χ4n) is 1.28. The molecule has 0 fully saturated rings. The minimum absolute atomic E-state index is 0.497. The van der Waals surface area contributed by atoms with Crippen LogP contribution in [0.15, 0.2) is 12.1 Å². The van der Waals surface area contributed by atoms with Crippen molar-refractivity contribution in [3.8, 4) is 5.75 Å². The zero-order chi connectivity index (χ0) is 10.0. The third-order valence-corrected chi connectivity index (χ3v) is 2.29. The average Bonchev–Trinajstić information content (AvgIpc) is 2.07. The van der Waals surface area contributed by atoms with Crippen molar-refractivity contribution in [1.82, 2.24) is 0 Å². The summed E-state index contributed by atoms with van der Waals surface area (Å²) in [6, 6.07) is 3.56. The highest BCUT2D eigenvalue weighted by atomic mass is 35.5. The summed E-state index contributed by atoms with van der Waals surface area (Å²) in [7, 11) is 1.57. The maximum atomic E-state index is 9.39. The van der Waals surface area contributed by atoms with E-state index in [0.717, 1.165) is 11.1 Å². The predicted molar refractivity (Wildman–Crippen MR) is 53.4 cm³/mol. The number of benzene rings is 1. The molecule has 0 saturated heterocycles. The Morgan fingerprint density at radius 1 is 1.46 bits per heavy atom. The first-order valence-corrected chi connectivity index (χ1v) is 4.46. The maximum Gasteiger partial charge on any atom is 0.137 e. The van der Waals surface area contributed by atoms with Crippen molar-refractivity contribution in [2.24, 2.45) is 0 Å². The second-order valence-electron chi connectivity index (χ2n) is 3.02. The van der Waals surface area contributed by atoms with Crippen LogP contribution in [-0.2, 0) is 0 Å². The van der Waals surface area contributed by atoms with Crippen LogP contribution in [0.2, 0.25) is 5.02 Å². The Balaban J connectivity index is 3.20. The lowest BCUT2D eigenvalue weighted by molar-refractivity contribution is 0.198. The van der Waals surface area contributed by atoms with E-state index in [4.69, 9.17) is 16.3 Å². The topological polar surface area (TPSA) is 29.5 Å². The van der Waals surface area contributed by atoms with E-state index < -0.39 is 6.10 Å². The lowest BCUT2D eigenvalue weighted by Gasteiger charge is -2.11. The van der Waals surface area contributed by atoms with Gasteiger partial charge >= 0.3 is 0 Å². The minimum atomic E-state index is -0.497. The van der Waals surface area contributed by atoms with E-state index in [0.29, 0.717) is 10.8 Å². The quantitative estimate of drug-likeness (QED) is 0.796. The van der Waals surface area contributed by atoms with Crippen LogP contribution in [-0.4, -0.2) is 12.2 Å². The van der Waals surface area contributed by atoms with Crippen molar-refractivity contribution < 1.29 is 9.84 Å². The molecule has 0 aromatic heterocycles. The number of aliphatic hydroxyl groups excluding tert-OH is 1. The van der Waals surface area contributed by atoms with Crippen molar-refractivity contribution in [3.05, 3.63) is 28.3 Å². The maximum absolute atomic E-state index is 9.39. The molecule has 13 heavy (non-hydrogen) atoms. The average molecular weight is 201 g/mol. The van der Waals surface area contributed by atoms with Crippen molar-refractivity contribution in [2.75, 3.05) is 7.11 Å². The Hall–Kier alpha value is -0.730. The molecule has 1 N–H and O–H groups in total. The number of methoxy groups -OCH3 is 1. The smallest absolute Gasteiger partial charge is 0.137 e. The molecule has 3 heteroatoms. The molecule has 2 nitrogen and oxygen atoms in total. The fraction of sp³-hybridized carbons (Fsp3) is 0.400. The number of halogens is 1. The van der Waals surface area contributed by atoms with Gasteiger partial charge in [-0.05, 0) is 37.1 Å². The van der Waals surface area contributed by atoms with Gasteiger partial charge in [-0.25, -0.2) is 0 Å². The van der Waals surface area contributed by atoms with Crippen LogP contribution in [0.4, 0.5) is 0 Å². The molecule has 0 heterocycles. The molecule has 0 aliphatic heterocycles. The Morgan fingerprint density at radius 3 is 2.54 bits per heavy atom. The monoisotopic (exact) mass is 200 g/mol. The van der Waals surface area contributed by atoms with Crippen LogP contribution < -0.4 is 4.74 Å². The van der Waals surface area contributed by atoms with E-state index in [1.807, 2.05) is 13.0 Å². The van der Waals surface area contributed by atoms with Crippen molar-refractivity contribution in [3.63, 3.8) is 0 Å².